The third kappa shape index (κ3) is 3.69. The highest BCUT2D eigenvalue weighted by molar-refractivity contribution is 4.84. The summed E-state index contributed by atoms with van der Waals surface area (Å²) in [6.07, 6.45) is 10.1. The Morgan fingerprint density at radius 2 is 1.41 bits per heavy atom. The van der Waals surface area contributed by atoms with Crippen LogP contribution in [-0.2, 0) is 9.47 Å². The molecule has 0 aromatic rings. The van der Waals surface area contributed by atoms with E-state index < -0.39 is 0 Å². The number of fused-ring (bicyclic) bond motifs is 1. The van der Waals surface area contributed by atoms with E-state index >= 15 is 0 Å². The second-order valence-electron chi connectivity index (χ2n) is 6.75. The van der Waals surface area contributed by atoms with Crippen LogP contribution in [0.25, 0.3) is 0 Å². The van der Waals surface area contributed by atoms with E-state index in [1.165, 1.54) is 44.9 Å². The molecule has 100 valence electrons. The Hall–Kier alpha value is -0.0800. The van der Waals surface area contributed by atoms with E-state index in [0.717, 1.165) is 6.61 Å². The molecule has 1 aliphatic carbocycles. The third-order valence-electron chi connectivity index (χ3n) is 4.16. The SMILES string of the molecule is CC(C)(C)C1COC2CCCCCCCC2O1. The van der Waals surface area contributed by atoms with Crippen LogP contribution in [0, 0.1) is 5.41 Å². The molecule has 0 amide bonds. The van der Waals surface area contributed by atoms with Crippen molar-refractivity contribution in [3.63, 3.8) is 0 Å². The Morgan fingerprint density at radius 1 is 0.824 bits per heavy atom. The third-order valence-corrected chi connectivity index (χ3v) is 4.16. The van der Waals surface area contributed by atoms with Gasteiger partial charge in [-0.1, -0.05) is 52.9 Å². The fourth-order valence-electron chi connectivity index (χ4n) is 2.85. The molecule has 1 heterocycles. The molecule has 1 aliphatic heterocycles. The number of ether oxygens (including phenoxy) is 2. The van der Waals surface area contributed by atoms with Gasteiger partial charge in [0, 0.05) is 0 Å². The normalized spacial score (nSPS) is 36.5. The van der Waals surface area contributed by atoms with Crippen LogP contribution >= 0.6 is 0 Å². The van der Waals surface area contributed by atoms with E-state index in [0.29, 0.717) is 12.2 Å². The first-order chi connectivity index (χ1) is 8.07. The maximum atomic E-state index is 6.32. The minimum atomic E-state index is 0.198. The molecule has 0 bridgehead atoms. The predicted octanol–water partition coefficient (Wildman–Crippen LogP) is 3.93. The molecule has 1 saturated carbocycles. The van der Waals surface area contributed by atoms with Gasteiger partial charge in [-0.3, -0.25) is 0 Å². The minimum absolute atomic E-state index is 0.198. The monoisotopic (exact) mass is 240 g/mol. The lowest BCUT2D eigenvalue weighted by Gasteiger charge is -2.42. The maximum absolute atomic E-state index is 6.32. The van der Waals surface area contributed by atoms with Gasteiger partial charge in [0.25, 0.3) is 0 Å². The smallest absolute Gasteiger partial charge is 0.0861 e. The summed E-state index contributed by atoms with van der Waals surface area (Å²) in [5.74, 6) is 0. The summed E-state index contributed by atoms with van der Waals surface area (Å²) in [6, 6.07) is 0. The Morgan fingerprint density at radius 3 is 2.06 bits per heavy atom. The summed E-state index contributed by atoms with van der Waals surface area (Å²) in [5, 5.41) is 0. The van der Waals surface area contributed by atoms with Crippen LogP contribution in [0.3, 0.4) is 0 Å². The Labute approximate surface area is 106 Å². The molecule has 2 heteroatoms. The van der Waals surface area contributed by atoms with Gasteiger partial charge in [-0.2, -0.15) is 0 Å². The number of hydrogen-bond acceptors (Lipinski definition) is 2. The first kappa shape index (κ1) is 13.4. The Bertz CT molecular complexity index is 232. The highest BCUT2D eigenvalue weighted by atomic mass is 16.6. The van der Waals surface area contributed by atoms with Gasteiger partial charge >= 0.3 is 0 Å². The molecule has 0 spiro atoms. The fourth-order valence-corrected chi connectivity index (χ4v) is 2.85. The quantitative estimate of drug-likeness (QED) is 0.638. The molecule has 0 aromatic heterocycles. The first-order valence-electron chi connectivity index (χ1n) is 7.34. The van der Waals surface area contributed by atoms with Crippen LogP contribution in [-0.4, -0.2) is 24.9 Å². The Kier molecular flexibility index (Phi) is 4.48. The van der Waals surface area contributed by atoms with Crippen molar-refractivity contribution in [2.45, 2.75) is 84.0 Å². The average molecular weight is 240 g/mol. The highest BCUT2D eigenvalue weighted by Crippen LogP contribution is 2.32. The van der Waals surface area contributed by atoms with E-state index in [2.05, 4.69) is 20.8 Å². The van der Waals surface area contributed by atoms with Crippen molar-refractivity contribution in [3.8, 4) is 0 Å². The van der Waals surface area contributed by atoms with Gasteiger partial charge in [-0.25, -0.2) is 0 Å². The van der Waals surface area contributed by atoms with Crippen molar-refractivity contribution in [2.75, 3.05) is 6.61 Å². The zero-order valence-electron chi connectivity index (χ0n) is 11.7. The largest absolute Gasteiger partial charge is 0.373 e. The fraction of sp³-hybridized carbons (Fsp3) is 1.00. The molecular weight excluding hydrogens is 212 g/mol. The van der Waals surface area contributed by atoms with Crippen LogP contribution in [0.2, 0.25) is 0 Å². The summed E-state index contributed by atoms with van der Waals surface area (Å²) >= 11 is 0. The summed E-state index contributed by atoms with van der Waals surface area (Å²) in [7, 11) is 0. The molecule has 3 unspecified atom stereocenters. The van der Waals surface area contributed by atoms with Gasteiger partial charge in [-0.15, -0.1) is 0 Å². The molecule has 1 saturated heterocycles. The van der Waals surface area contributed by atoms with Crippen molar-refractivity contribution in [2.24, 2.45) is 5.41 Å². The molecule has 3 atom stereocenters. The van der Waals surface area contributed by atoms with E-state index in [4.69, 9.17) is 9.47 Å². The second kappa shape index (κ2) is 5.71. The van der Waals surface area contributed by atoms with Crippen LogP contribution in [0.4, 0.5) is 0 Å². The van der Waals surface area contributed by atoms with Crippen LogP contribution in [0.15, 0.2) is 0 Å². The van der Waals surface area contributed by atoms with Crippen LogP contribution < -0.4 is 0 Å². The van der Waals surface area contributed by atoms with Crippen molar-refractivity contribution in [1.29, 1.82) is 0 Å². The molecule has 0 N–H and O–H groups in total. The average Bonchev–Trinajstić information content (AvgIpc) is 2.38. The highest BCUT2D eigenvalue weighted by Gasteiger charge is 2.37. The molecule has 2 fully saturated rings. The molecule has 2 nitrogen and oxygen atoms in total. The van der Waals surface area contributed by atoms with E-state index in [1.54, 1.807) is 0 Å². The second-order valence-corrected chi connectivity index (χ2v) is 6.75. The van der Waals surface area contributed by atoms with Gasteiger partial charge in [0.2, 0.25) is 0 Å². The molecular formula is C15H28O2. The molecule has 0 aromatic carbocycles. The number of hydrogen-bond donors (Lipinski definition) is 0. The predicted molar refractivity (Wildman–Crippen MR) is 70.2 cm³/mol. The summed E-state index contributed by atoms with van der Waals surface area (Å²) in [5.41, 5.74) is 0.198. The van der Waals surface area contributed by atoms with E-state index in [-0.39, 0.29) is 11.5 Å². The summed E-state index contributed by atoms with van der Waals surface area (Å²) in [4.78, 5) is 0. The Balaban J connectivity index is 1.95. The van der Waals surface area contributed by atoms with Gasteiger partial charge in [0.05, 0.1) is 24.9 Å². The summed E-state index contributed by atoms with van der Waals surface area (Å²) in [6.45, 7) is 7.52. The maximum Gasteiger partial charge on any atom is 0.0861 e. The van der Waals surface area contributed by atoms with E-state index in [1.807, 2.05) is 0 Å². The molecule has 17 heavy (non-hydrogen) atoms. The zero-order chi connectivity index (χ0) is 12.3. The van der Waals surface area contributed by atoms with Gasteiger partial charge in [0.1, 0.15) is 0 Å². The molecule has 2 rings (SSSR count). The standard InChI is InChI=1S/C15H28O2/c1-15(2,3)14-11-16-12-9-7-5-4-6-8-10-13(12)17-14/h12-14H,4-11H2,1-3H3. The van der Waals surface area contributed by atoms with Crippen LogP contribution in [0.5, 0.6) is 0 Å². The van der Waals surface area contributed by atoms with Gasteiger partial charge in [-0.05, 0) is 18.3 Å². The molecule has 0 radical (unpaired) electrons. The lowest BCUT2D eigenvalue weighted by Crippen LogP contribution is -2.48. The number of rotatable bonds is 0. The lowest BCUT2D eigenvalue weighted by atomic mass is 9.88. The summed E-state index contributed by atoms with van der Waals surface area (Å²) < 4.78 is 12.4. The van der Waals surface area contributed by atoms with Gasteiger partial charge in [0.15, 0.2) is 0 Å². The zero-order valence-corrected chi connectivity index (χ0v) is 11.7. The van der Waals surface area contributed by atoms with Crippen molar-refractivity contribution in [3.05, 3.63) is 0 Å². The van der Waals surface area contributed by atoms with Crippen molar-refractivity contribution in [1.82, 2.24) is 0 Å². The van der Waals surface area contributed by atoms with Crippen molar-refractivity contribution < 1.29 is 9.47 Å². The lowest BCUT2D eigenvalue weighted by molar-refractivity contribution is -0.210. The molecule has 2 aliphatic rings. The van der Waals surface area contributed by atoms with Crippen molar-refractivity contribution >= 4 is 0 Å². The van der Waals surface area contributed by atoms with E-state index in [9.17, 15) is 0 Å². The minimum Gasteiger partial charge on any atom is -0.373 e. The van der Waals surface area contributed by atoms with Crippen LogP contribution in [0.1, 0.15) is 65.7 Å². The first-order valence-corrected chi connectivity index (χ1v) is 7.34. The van der Waals surface area contributed by atoms with Gasteiger partial charge < -0.3 is 9.47 Å². The topological polar surface area (TPSA) is 18.5 Å².